The highest BCUT2D eigenvalue weighted by molar-refractivity contribution is 5.86. The fourth-order valence-electron chi connectivity index (χ4n) is 1.26. The van der Waals surface area contributed by atoms with Crippen LogP contribution in [0.4, 0.5) is 0 Å². The number of hydrogen-bond acceptors (Lipinski definition) is 1. The Morgan fingerprint density at radius 3 is 2.57 bits per heavy atom. The molecule has 0 spiro atoms. The van der Waals surface area contributed by atoms with Crippen LogP contribution >= 0.6 is 0 Å². The van der Waals surface area contributed by atoms with E-state index in [4.69, 9.17) is 5.11 Å². The van der Waals surface area contributed by atoms with Crippen molar-refractivity contribution in [1.82, 2.24) is 0 Å². The third-order valence-electron chi connectivity index (χ3n) is 2.11. The van der Waals surface area contributed by atoms with E-state index in [-0.39, 0.29) is 0 Å². The molecule has 2 nitrogen and oxygen atoms in total. The molecule has 1 N–H and O–H groups in total. The number of unbranched alkanes of at least 4 members (excludes halogenated alkanes) is 3. The van der Waals surface area contributed by atoms with E-state index in [1.54, 1.807) is 12.2 Å². The largest absolute Gasteiger partial charge is 0.478 e. The van der Waals surface area contributed by atoms with Gasteiger partial charge in [0.05, 0.1) is 0 Å². The van der Waals surface area contributed by atoms with Gasteiger partial charge in [-0.25, -0.2) is 4.79 Å². The molecule has 14 heavy (non-hydrogen) atoms. The normalized spacial score (nSPS) is 11.4. The Kier molecular flexibility index (Phi) is 7.90. The smallest absolute Gasteiger partial charge is 0.331 e. The van der Waals surface area contributed by atoms with Gasteiger partial charge in [0.1, 0.15) is 0 Å². The molecule has 2 heteroatoms. The fraction of sp³-hybridized carbons (Fsp3) is 0.583. The van der Waals surface area contributed by atoms with Crippen molar-refractivity contribution in [2.45, 2.75) is 45.4 Å². The van der Waals surface area contributed by atoms with E-state index in [2.05, 4.69) is 13.5 Å². The summed E-state index contributed by atoms with van der Waals surface area (Å²) in [4.78, 5) is 10.8. The van der Waals surface area contributed by atoms with Gasteiger partial charge in [-0.15, -0.1) is 6.58 Å². The fourth-order valence-corrected chi connectivity index (χ4v) is 1.26. The average Bonchev–Trinajstić information content (AvgIpc) is 2.16. The van der Waals surface area contributed by atoms with Gasteiger partial charge < -0.3 is 5.11 Å². The molecular formula is C12H20O2. The highest BCUT2D eigenvalue weighted by atomic mass is 16.4. The lowest BCUT2D eigenvalue weighted by Gasteiger charge is -2.01. The lowest BCUT2D eigenvalue weighted by atomic mass is 10.1. The number of carboxylic acid groups (broad SMARTS) is 1. The predicted octanol–water partition coefficient (Wildman–Crippen LogP) is 3.54. The van der Waals surface area contributed by atoms with Crippen LogP contribution in [-0.4, -0.2) is 11.1 Å². The van der Waals surface area contributed by atoms with Crippen molar-refractivity contribution >= 4 is 5.97 Å². The number of carboxylic acids is 1. The zero-order chi connectivity index (χ0) is 10.8. The van der Waals surface area contributed by atoms with Gasteiger partial charge in [0.15, 0.2) is 0 Å². The monoisotopic (exact) mass is 196 g/mol. The molecule has 0 bridgehead atoms. The molecule has 0 aromatic rings. The van der Waals surface area contributed by atoms with E-state index in [1.165, 1.54) is 12.8 Å². The summed E-state index contributed by atoms with van der Waals surface area (Å²) in [5, 5.41) is 8.85. The standard InChI is InChI=1S/C12H20O2/c1-3-5-7-8-10-11(12(13)14)9-6-4-2/h4,9H,2-3,5-8,10H2,1H3,(H,13,14). The second-order valence-electron chi connectivity index (χ2n) is 3.37. The summed E-state index contributed by atoms with van der Waals surface area (Å²) in [6, 6.07) is 0. The summed E-state index contributed by atoms with van der Waals surface area (Å²) in [6.45, 7) is 5.71. The van der Waals surface area contributed by atoms with Crippen molar-refractivity contribution in [2.24, 2.45) is 0 Å². The van der Waals surface area contributed by atoms with Crippen LogP contribution in [0.2, 0.25) is 0 Å². The van der Waals surface area contributed by atoms with Crippen molar-refractivity contribution in [3.8, 4) is 0 Å². The van der Waals surface area contributed by atoms with Crippen LogP contribution in [-0.2, 0) is 4.79 Å². The molecule has 0 aromatic carbocycles. The predicted molar refractivity (Wildman–Crippen MR) is 59.3 cm³/mol. The van der Waals surface area contributed by atoms with Crippen molar-refractivity contribution in [3.63, 3.8) is 0 Å². The second-order valence-corrected chi connectivity index (χ2v) is 3.37. The molecule has 0 rings (SSSR count). The molecular weight excluding hydrogens is 176 g/mol. The molecule has 0 saturated heterocycles. The van der Waals surface area contributed by atoms with Gasteiger partial charge in [0.2, 0.25) is 0 Å². The van der Waals surface area contributed by atoms with Crippen LogP contribution < -0.4 is 0 Å². The molecule has 0 radical (unpaired) electrons. The van der Waals surface area contributed by atoms with Crippen LogP contribution in [0.5, 0.6) is 0 Å². The minimum Gasteiger partial charge on any atom is -0.478 e. The van der Waals surface area contributed by atoms with Crippen molar-refractivity contribution in [1.29, 1.82) is 0 Å². The Morgan fingerprint density at radius 2 is 2.07 bits per heavy atom. The molecule has 0 aliphatic rings. The van der Waals surface area contributed by atoms with Gasteiger partial charge in [0.25, 0.3) is 0 Å². The lowest BCUT2D eigenvalue weighted by molar-refractivity contribution is -0.132. The van der Waals surface area contributed by atoms with Crippen molar-refractivity contribution < 1.29 is 9.90 Å². The van der Waals surface area contributed by atoms with Gasteiger partial charge in [-0.3, -0.25) is 0 Å². The molecule has 0 atom stereocenters. The maximum atomic E-state index is 10.8. The maximum absolute atomic E-state index is 10.8. The van der Waals surface area contributed by atoms with Crippen molar-refractivity contribution in [2.75, 3.05) is 0 Å². The summed E-state index contributed by atoms with van der Waals surface area (Å²) in [6.07, 6.45) is 9.26. The minimum atomic E-state index is -0.789. The van der Waals surface area contributed by atoms with Crippen LogP contribution in [0.1, 0.15) is 45.4 Å². The summed E-state index contributed by atoms with van der Waals surface area (Å²) < 4.78 is 0. The number of rotatable bonds is 8. The van der Waals surface area contributed by atoms with E-state index >= 15 is 0 Å². The Morgan fingerprint density at radius 1 is 1.36 bits per heavy atom. The SMILES string of the molecule is C=CCC=C(CCCCCC)C(=O)O. The van der Waals surface area contributed by atoms with Crippen LogP contribution in [0.3, 0.4) is 0 Å². The van der Waals surface area contributed by atoms with Gasteiger partial charge in [-0.05, 0) is 19.3 Å². The number of aliphatic carboxylic acids is 1. The molecule has 0 amide bonds. The summed E-state index contributed by atoms with van der Waals surface area (Å²) in [5.41, 5.74) is 0.529. The van der Waals surface area contributed by atoms with Crippen LogP contribution in [0, 0.1) is 0 Å². The first-order valence-electron chi connectivity index (χ1n) is 5.25. The molecule has 0 aliphatic heterocycles. The zero-order valence-corrected chi connectivity index (χ0v) is 8.96. The van der Waals surface area contributed by atoms with Crippen LogP contribution in [0.25, 0.3) is 0 Å². The molecule has 0 aromatic heterocycles. The van der Waals surface area contributed by atoms with Crippen LogP contribution in [0.15, 0.2) is 24.3 Å². The summed E-state index contributed by atoms with van der Waals surface area (Å²) in [7, 11) is 0. The maximum Gasteiger partial charge on any atom is 0.331 e. The second kappa shape index (κ2) is 8.54. The highest BCUT2D eigenvalue weighted by Gasteiger charge is 2.05. The Labute approximate surface area is 86.3 Å². The van der Waals surface area contributed by atoms with E-state index in [0.717, 1.165) is 12.8 Å². The first-order chi connectivity index (χ1) is 6.72. The molecule has 0 fully saturated rings. The van der Waals surface area contributed by atoms with E-state index in [1.807, 2.05) is 0 Å². The number of carbonyl (C=O) groups is 1. The van der Waals surface area contributed by atoms with Crippen molar-refractivity contribution in [3.05, 3.63) is 24.3 Å². The Bertz CT molecular complexity index is 204. The number of hydrogen-bond donors (Lipinski definition) is 1. The van der Waals surface area contributed by atoms with E-state index < -0.39 is 5.97 Å². The first kappa shape index (κ1) is 12.9. The first-order valence-corrected chi connectivity index (χ1v) is 5.25. The summed E-state index contributed by atoms with van der Waals surface area (Å²) >= 11 is 0. The molecule has 0 saturated carbocycles. The molecule has 0 heterocycles. The Balaban J connectivity index is 3.85. The number of allylic oxidation sites excluding steroid dienone is 2. The molecule has 0 unspecified atom stereocenters. The third kappa shape index (κ3) is 6.46. The Hall–Kier alpha value is -1.05. The van der Waals surface area contributed by atoms with E-state index in [0.29, 0.717) is 18.4 Å². The summed E-state index contributed by atoms with van der Waals surface area (Å²) in [5.74, 6) is -0.789. The van der Waals surface area contributed by atoms with E-state index in [9.17, 15) is 4.79 Å². The van der Waals surface area contributed by atoms with Gasteiger partial charge in [-0.1, -0.05) is 38.3 Å². The molecule has 80 valence electrons. The van der Waals surface area contributed by atoms with Gasteiger partial charge in [-0.2, -0.15) is 0 Å². The lowest BCUT2D eigenvalue weighted by Crippen LogP contribution is -2.00. The quantitative estimate of drug-likeness (QED) is 0.366. The van der Waals surface area contributed by atoms with Gasteiger partial charge in [0, 0.05) is 5.57 Å². The third-order valence-corrected chi connectivity index (χ3v) is 2.11. The zero-order valence-electron chi connectivity index (χ0n) is 8.96. The molecule has 0 aliphatic carbocycles. The average molecular weight is 196 g/mol. The minimum absolute atomic E-state index is 0.529. The topological polar surface area (TPSA) is 37.3 Å². The van der Waals surface area contributed by atoms with Gasteiger partial charge >= 0.3 is 5.97 Å². The highest BCUT2D eigenvalue weighted by Crippen LogP contribution is 2.11.